The molecule has 0 atom stereocenters. The van der Waals surface area contributed by atoms with Gasteiger partial charge in [0.1, 0.15) is 10.8 Å². The van der Waals surface area contributed by atoms with Crippen LogP contribution in [-0.4, -0.2) is 30.7 Å². The van der Waals surface area contributed by atoms with E-state index in [1.807, 2.05) is 0 Å². The molecule has 1 aliphatic rings. The average molecular weight is 287 g/mol. The Kier molecular flexibility index (Phi) is 3.54. The maximum atomic E-state index is 11.2. The number of aliphatic carboxylic acids is 1. The van der Waals surface area contributed by atoms with Crippen molar-refractivity contribution in [3.05, 3.63) is 21.7 Å². The zero-order valence-electron chi connectivity index (χ0n) is 9.79. The number of aromatic nitrogens is 1. The molecule has 2 rings (SSSR count). The van der Waals surface area contributed by atoms with Crippen molar-refractivity contribution in [3.63, 3.8) is 0 Å². The number of carbonyl (C=O) groups is 1. The minimum absolute atomic E-state index is 0.0850. The van der Waals surface area contributed by atoms with Crippen molar-refractivity contribution in [2.45, 2.75) is 24.5 Å². The van der Waals surface area contributed by atoms with Crippen LogP contribution in [0.2, 0.25) is 0 Å². The van der Waals surface area contributed by atoms with Crippen molar-refractivity contribution in [1.82, 2.24) is 4.98 Å². The number of rotatable bonds is 5. The molecule has 0 bridgehead atoms. The molecular formula is C11H13NO4S2. The molecule has 0 spiro atoms. The Hall–Kier alpha value is -1.21. The summed E-state index contributed by atoms with van der Waals surface area (Å²) in [6, 6.07) is 0. The molecule has 0 aromatic carbocycles. The SMILES string of the molecule is CS(=O)(=O)Cc1nc(C2CC2)c(/C=C/C(=O)O)s1. The van der Waals surface area contributed by atoms with Gasteiger partial charge in [0.05, 0.1) is 10.6 Å². The lowest BCUT2D eigenvalue weighted by Gasteiger charge is -1.92. The van der Waals surface area contributed by atoms with E-state index in [9.17, 15) is 13.2 Å². The Morgan fingerprint density at radius 3 is 2.72 bits per heavy atom. The Morgan fingerprint density at radius 1 is 1.56 bits per heavy atom. The van der Waals surface area contributed by atoms with Crippen molar-refractivity contribution in [2.75, 3.05) is 6.26 Å². The molecule has 1 aromatic heterocycles. The van der Waals surface area contributed by atoms with Crippen LogP contribution in [-0.2, 0) is 20.4 Å². The summed E-state index contributed by atoms with van der Waals surface area (Å²) in [6.45, 7) is 0. The van der Waals surface area contributed by atoms with Crippen LogP contribution in [0.5, 0.6) is 0 Å². The molecule has 0 aliphatic heterocycles. The fourth-order valence-corrected chi connectivity index (χ4v) is 3.83. The molecule has 0 unspecified atom stereocenters. The Balaban J connectivity index is 2.29. The zero-order valence-corrected chi connectivity index (χ0v) is 11.4. The second-order valence-corrected chi connectivity index (χ2v) is 7.63. The van der Waals surface area contributed by atoms with Gasteiger partial charge in [-0.05, 0) is 18.9 Å². The van der Waals surface area contributed by atoms with Crippen LogP contribution >= 0.6 is 11.3 Å². The highest BCUT2D eigenvalue weighted by Crippen LogP contribution is 2.43. The van der Waals surface area contributed by atoms with Gasteiger partial charge in [-0.3, -0.25) is 0 Å². The highest BCUT2D eigenvalue weighted by atomic mass is 32.2. The summed E-state index contributed by atoms with van der Waals surface area (Å²) >= 11 is 1.26. The molecule has 1 aromatic rings. The van der Waals surface area contributed by atoms with Gasteiger partial charge in [0.2, 0.25) is 0 Å². The molecule has 98 valence electrons. The van der Waals surface area contributed by atoms with Crippen LogP contribution in [0.1, 0.15) is 34.3 Å². The van der Waals surface area contributed by atoms with Gasteiger partial charge in [0.15, 0.2) is 9.84 Å². The summed E-state index contributed by atoms with van der Waals surface area (Å²) in [4.78, 5) is 15.6. The minimum atomic E-state index is -3.11. The Labute approximate surface area is 109 Å². The van der Waals surface area contributed by atoms with Crippen LogP contribution in [0.25, 0.3) is 6.08 Å². The van der Waals surface area contributed by atoms with E-state index in [2.05, 4.69) is 4.98 Å². The predicted molar refractivity (Wildman–Crippen MR) is 69.3 cm³/mol. The lowest BCUT2D eigenvalue weighted by atomic mass is 10.2. The molecular weight excluding hydrogens is 274 g/mol. The van der Waals surface area contributed by atoms with Crippen molar-refractivity contribution in [3.8, 4) is 0 Å². The number of hydrogen-bond acceptors (Lipinski definition) is 5. The van der Waals surface area contributed by atoms with Crippen LogP contribution < -0.4 is 0 Å². The molecule has 1 N–H and O–H groups in total. The first kappa shape index (κ1) is 13.2. The quantitative estimate of drug-likeness (QED) is 0.833. The molecule has 1 aliphatic carbocycles. The van der Waals surface area contributed by atoms with E-state index in [-0.39, 0.29) is 5.75 Å². The summed E-state index contributed by atoms with van der Waals surface area (Å²) in [5, 5.41) is 9.15. The van der Waals surface area contributed by atoms with Gasteiger partial charge in [-0.25, -0.2) is 18.2 Å². The van der Waals surface area contributed by atoms with Crippen molar-refractivity contribution < 1.29 is 18.3 Å². The molecule has 0 radical (unpaired) electrons. The lowest BCUT2D eigenvalue weighted by Crippen LogP contribution is -2.00. The first-order valence-corrected chi connectivity index (χ1v) is 8.31. The van der Waals surface area contributed by atoms with Gasteiger partial charge in [-0.2, -0.15) is 0 Å². The van der Waals surface area contributed by atoms with Gasteiger partial charge in [0, 0.05) is 18.2 Å². The molecule has 5 nitrogen and oxygen atoms in total. The van der Waals surface area contributed by atoms with E-state index in [0.29, 0.717) is 10.9 Å². The van der Waals surface area contributed by atoms with Gasteiger partial charge in [-0.15, -0.1) is 11.3 Å². The van der Waals surface area contributed by atoms with Crippen LogP contribution in [0.3, 0.4) is 0 Å². The minimum Gasteiger partial charge on any atom is -0.478 e. The van der Waals surface area contributed by atoms with Gasteiger partial charge in [0.25, 0.3) is 0 Å². The molecule has 1 heterocycles. The Morgan fingerprint density at radius 2 is 2.22 bits per heavy atom. The first-order valence-electron chi connectivity index (χ1n) is 5.43. The van der Waals surface area contributed by atoms with E-state index in [1.54, 1.807) is 0 Å². The number of nitrogens with zero attached hydrogens (tertiary/aromatic N) is 1. The van der Waals surface area contributed by atoms with E-state index < -0.39 is 15.8 Å². The topological polar surface area (TPSA) is 84.3 Å². The third-order valence-corrected chi connectivity index (χ3v) is 4.47. The summed E-state index contributed by atoms with van der Waals surface area (Å²) in [5.74, 6) is -0.740. The molecule has 1 saturated carbocycles. The number of carboxylic acids is 1. The molecule has 1 fully saturated rings. The normalized spacial score (nSPS) is 16.3. The van der Waals surface area contributed by atoms with Gasteiger partial charge in [-0.1, -0.05) is 0 Å². The summed E-state index contributed by atoms with van der Waals surface area (Å²) < 4.78 is 22.5. The van der Waals surface area contributed by atoms with Crippen LogP contribution in [0.15, 0.2) is 6.08 Å². The maximum Gasteiger partial charge on any atom is 0.328 e. The number of sulfone groups is 1. The fourth-order valence-electron chi connectivity index (χ4n) is 1.59. The van der Waals surface area contributed by atoms with E-state index in [4.69, 9.17) is 5.11 Å². The number of thiazole rings is 1. The number of carboxylic acid groups (broad SMARTS) is 1. The zero-order chi connectivity index (χ0) is 13.3. The lowest BCUT2D eigenvalue weighted by molar-refractivity contribution is -0.131. The Bertz CT molecular complexity index is 597. The molecule has 18 heavy (non-hydrogen) atoms. The third kappa shape index (κ3) is 3.64. The third-order valence-electron chi connectivity index (χ3n) is 2.45. The predicted octanol–water partition coefficient (Wildman–Crippen LogP) is 1.66. The van der Waals surface area contributed by atoms with Crippen molar-refractivity contribution in [2.24, 2.45) is 0 Å². The van der Waals surface area contributed by atoms with Crippen molar-refractivity contribution in [1.29, 1.82) is 0 Å². The second-order valence-electron chi connectivity index (χ2n) is 4.37. The van der Waals surface area contributed by atoms with Gasteiger partial charge >= 0.3 is 5.97 Å². The highest BCUT2D eigenvalue weighted by molar-refractivity contribution is 7.90. The van der Waals surface area contributed by atoms with Gasteiger partial charge < -0.3 is 5.11 Å². The van der Waals surface area contributed by atoms with Crippen LogP contribution in [0, 0.1) is 0 Å². The van der Waals surface area contributed by atoms with Crippen LogP contribution in [0.4, 0.5) is 0 Å². The monoisotopic (exact) mass is 287 g/mol. The molecule has 7 heteroatoms. The number of hydrogen-bond donors (Lipinski definition) is 1. The fraction of sp³-hybridized carbons (Fsp3) is 0.455. The maximum absolute atomic E-state index is 11.2. The van der Waals surface area contributed by atoms with E-state index in [0.717, 1.165) is 35.7 Å². The summed E-state index contributed by atoms with van der Waals surface area (Å²) in [5.41, 5.74) is 0.844. The smallest absolute Gasteiger partial charge is 0.328 e. The van der Waals surface area contributed by atoms with E-state index >= 15 is 0 Å². The standard InChI is InChI=1S/C11H13NO4S2/c1-18(15,16)6-9-12-11(7-2-3-7)8(17-9)4-5-10(13)14/h4-5,7H,2-3,6H2,1H3,(H,13,14)/b5-4+. The molecule has 0 saturated heterocycles. The van der Waals surface area contributed by atoms with E-state index in [1.165, 1.54) is 17.4 Å². The summed E-state index contributed by atoms with van der Waals surface area (Å²) in [6.07, 6.45) is 5.80. The van der Waals surface area contributed by atoms with Crippen molar-refractivity contribution >= 4 is 33.2 Å². The second kappa shape index (κ2) is 4.81. The molecule has 0 amide bonds. The highest BCUT2D eigenvalue weighted by Gasteiger charge is 2.29. The average Bonchev–Trinajstić information content (AvgIpc) is 2.97. The first-order chi connectivity index (χ1) is 8.35. The summed E-state index contributed by atoms with van der Waals surface area (Å²) in [7, 11) is -3.11. The largest absolute Gasteiger partial charge is 0.478 e.